The van der Waals surface area contributed by atoms with E-state index in [1.165, 1.54) is 33.0 Å². The van der Waals surface area contributed by atoms with Crippen LogP contribution in [0.1, 0.15) is 36.8 Å². The predicted octanol–water partition coefficient (Wildman–Crippen LogP) is 2.28. The standard InChI is InChI=1S/C20H17F3N8O3S/c1-4-35(33,34)18-14(15-26-13-6-5-11(20(21,22)23)9-30(13)28-15)16-25-8-7-12(31(16)29-18)17(32)27-19(2,3)10-24/h5-9H,4H2,1-3H3,(H,27,32). The first-order chi connectivity index (χ1) is 16.3. The van der Waals surface area contributed by atoms with Crippen LogP contribution in [0.4, 0.5) is 13.2 Å². The van der Waals surface area contributed by atoms with Crippen LogP contribution in [0.2, 0.25) is 0 Å². The lowest BCUT2D eigenvalue weighted by Crippen LogP contribution is -2.42. The molecule has 4 aromatic rings. The van der Waals surface area contributed by atoms with Crippen LogP contribution in [0, 0.1) is 11.3 Å². The lowest BCUT2D eigenvalue weighted by Gasteiger charge is -2.17. The molecule has 0 radical (unpaired) electrons. The molecule has 4 rings (SSSR count). The summed E-state index contributed by atoms with van der Waals surface area (Å²) in [5.74, 6) is -1.33. The minimum atomic E-state index is -4.62. The monoisotopic (exact) mass is 506 g/mol. The van der Waals surface area contributed by atoms with Crippen molar-refractivity contribution in [2.24, 2.45) is 0 Å². The van der Waals surface area contributed by atoms with Crippen molar-refractivity contribution in [3.05, 3.63) is 41.9 Å². The number of hydrogen-bond donors (Lipinski definition) is 1. The molecule has 0 fully saturated rings. The third-order valence-corrected chi connectivity index (χ3v) is 6.62. The largest absolute Gasteiger partial charge is 0.417 e. The summed E-state index contributed by atoms with van der Waals surface area (Å²) < 4.78 is 66.9. The van der Waals surface area contributed by atoms with Crippen LogP contribution in [0.25, 0.3) is 22.7 Å². The maximum absolute atomic E-state index is 13.1. The molecule has 4 heterocycles. The summed E-state index contributed by atoms with van der Waals surface area (Å²) in [5.41, 5.74) is -2.58. The maximum atomic E-state index is 13.1. The molecule has 0 saturated carbocycles. The molecule has 35 heavy (non-hydrogen) atoms. The number of carbonyl (C=O) groups is 1. The molecule has 0 spiro atoms. The number of hydrogen-bond acceptors (Lipinski definition) is 8. The van der Waals surface area contributed by atoms with Crippen LogP contribution in [-0.4, -0.2) is 54.8 Å². The number of halogens is 3. The first-order valence-electron chi connectivity index (χ1n) is 10.1. The van der Waals surface area contributed by atoms with Gasteiger partial charge < -0.3 is 5.32 Å². The zero-order valence-electron chi connectivity index (χ0n) is 18.5. The van der Waals surface area contributed by atoms with E-state index in [-0.39, 0.29) is 34.1 Å². The van der Waals surface area contributed by atoms with E-state index in [1.807, 2.05) is 6.07 Å². The second-order valence-electron chi connectivity index (χ2n) is 7.99. The molecule has 1 amide bonds. The fraction of sp³-hybridized carbons (Fsp3) is 0.300. The highest BCUT2D eigenvalue weighted by Gasteiger charge is 2.33. The van der Waals surface area contributed by atoms with Gasteiger partial charge in [0.15, 0.2) is 32.0 Å². The van der Waals surface area contributed by atoms with Gasteiger partial charge in [-0.05, 0) is 32.0 Å². The molecule has 15 heteroatoms. The van der Waals surface area contributed by atoms with Crippen molar-refractivity contribution in [1.29, 1.82) is 5.26 Å². The van der Waals surface area contributed by atoms with Gasteiger partial charge in [-0.3, -0.25) is 4.79 Å². The normalized spacial score (nSPS) is 12.7. The molecule has 0 aromatic carbocycles. The topological polar surface area (TPSA) is 147 Å². The third-order valence-electron chi connectivity index (χ3n) is 4.98. The van der Waals surface area contributed by atoms with Crippen LogP contribution >= 0.6 is 0 Å². The molecule has 0 bridgehead atoms. The van der Waals surface area contributed by atoms with Gasteiger partial charge in [0.1, 0.15) is 16.8 Å². The Bertz CT molecular complexity index is 1630. The van der Waals surface area contributed by atoms with Crippen LogP contribution in [-0.2, 0) is 16.0 Å². The Labute approximate surface area is 196 Å². The van der Waals surface area contributed by atoms with Gasteiger partial charge in [-0.25, -0.2) is 27.4 Å². The third kappa shape index (κ3) is 4.28. The molecule has 1 N–H and O–H groups in total. The second-order valence-corrected chi connectivity index (χ2v) is 10.2. The van der Waals surface area contributed by atoms with Gasteiger partial charge in [-0.2, -0.15) is 23.5 Å². The second kappa shape index (κ2) is 8.01. The Hall–Kier alpha value is -4.06. The van der Waals surface area contributed by atoms with Crippen molar-refractivity contribution in [1.82, 2.24) is 34.5 Å². The Morgan fingerprint density at radius 3 is 2.54 bits per heavy atom. The number of sulfone groups is 1. The highest BCUT2D eigenvalue weighted by molar-refractivity contribution is 7.91. The average Bonchev–Trinajstić information content (AvgIpc) is 3.39. The van der Waals surface area contributed by atoms with Crippen molar-refractivity contribution in [3.63, 3.8) is 0 Å². The van der Waals surface area contributed by atoms with Gasteiger partial charge >= 0.3 is 6.18 Å². The number of nitrogens with zero attached hydrogens (tertiary/aromatic N) is 7. The number of alkyl halides is 3. The van der Waals surface area contributed by atoms with E-state index >= 15 is 0 Å². The number of amides is 1. The summed E-state index contributed by atoms with van der Waals surface area (Å²) in [5, 5.41) is 19.3. The molecular weight excluding hydrogens is 489 g/mol. The highest BCUT2D eigenvalue weighted by atomic mass is 32.2. The molecular formula is C20H17F3N8O3S. The average molecular weight is 506 g/mol. The van der Waals surface area contributed by atoms with Crippen molar-refractivity contribution >= 4 is 27.0 Å². The molecule has 4 aromatic heterocycles. The van der Waals surface area contributed by atoms with Crippen LogP contribution < -0.4 is 5.32 Å². The lowest BCUT2D eigenvalue weighted by molar-refractivity contribution is -0.137. The van der Waals surface area contributed by atoms with E-state index in [9.17, 15) is 31.6 Å². The molecule has 0 aliphatic rings. The summed E-state index contributed by atoms with van der Waals surface area (Å²) in [6, 6.07) is 5.12. The first-order valence-corrected chi connectivity index (χ1v) is 11.7. The van der Waals surface area contributed by atoms with E-state index < -0.39 is 38.0 Å². The SMILES string of the molecule is CCS(=O)(=O)c1nn2c(C(=O)NC(C)(C)C#N)ccnc2c1-c1nc2ccc(C(F)(F)F)cn2n1. The van der Waals surface area contributed by atoms with Crippen molar-refractivity contribution < 1.29 is 26.4 Å². The molecule has 0 saturated heterocycles. The van der Waals surface area contributed by atoms with Gasteiger partial charge in [0, 0.05) is 12.4 Å². The fourth-order valence-electron chi connectivity index (χ4n) is 3.18. The minimum Gasteiger partial charge on any atom is -0.333 e. The summed E-state index contributed by atoms with van der Waals surface area (Å²) in [4.78, 5) is 21.1. The summed E-state index contributed by atoms with van der Waals surface area (Å²) in [6.45, 7) is 4.33. The van der Waals surface area contributed by atoms with E-state index in [2.05, 4.69) is 25.5 Å². The van der Waals surface area contributed by atoms with Gasteiger partial charge in [0.25, 0.3) is 5.91 Å². The Morgan fingerprint density at radius 1 is 1.20 bits per heavy atom. The number of fused-ring (bicyclic) bond motifs is 2. The van der Waals surface area contributed by atoms with Crippen LogP contribution in [0.3, 0.4) is 0 Å². The molecule has 0 aliphatic carbocycles. The lowest BCUT2D eigenvalue weighted by atomic mass is 10.1. The quantitative estimate of drug-likeness (QED) is 0.434. The van der Waals surface area contributed by atoms with Gasteiger partial charge in [0.05, 0.1) is 17.4 Å². The fourth-order valence-corrected chi connectivity index (χ4v) is 4.15. The zero-order chi connectivity index (χ0) is 25.8. The van der Waals surface area contributed by atoms with Crippen molar-refractivity contribution in [3.8, 4) is 17.5 Å². The number of nitriles is 1. The Morgan fingerprint density at radius 2 is 1.91 bits per heavy atom. The van der Waals surface area contributed by atoms with Crippen molar-refractivity contribution in [2.45, 2.75) is 37.5 Å². The van der Waals surface area contributed by atoms with Crippen molar-refractivity contribution in [2.75, 3.05) is 5.75 Å². The van der Waals surface area contributed by atoms with E-state index in [0.29, 0.717) is 0 Å². The number of rotatable bonds is 5. The molecule has 0 unspecified atom stereocenters. The van der Waals surface area contributed by atoms with Gasteiger partial charge in [-0.15, -0.1) is 5.10 Å². The van der Waals surface area contributed by atoms with E-state index in [0.717, 1.165) is 27.4 Å². The highest BCUT2D eigenvalue weighted by Crippen LogP contribution is 2.32. The Balaban J connectivity index is 1.98. The van der Waals surface area contributed by atoms with Crippen LogP contribution in [0.5, 0.6) is 0 Å². The summed E-state index contributed by atoms with van der Waals surface area (Å²) in [6.07, 6.45) is -2.67. The first kappa shape index (κ1) is 24.1. The molecule has 0 aliphatic heterocycles. The number of aromatic nitrogens is 6. The predicted molar refractivity (Wildman–Crippen MR) is 115 cm³/mol. The van der Waals surface area contributed by atoms with E-state index in [4.69, 9.17) is 0 Å². The zero-order valence-corrected chi connectivity index (χ0v) is 19.3. The van der Waals surface area contributed by atoms with Crippen LogP contribution in [0.15, 0.2) is 35.6 Å². The smallest absolute Gasteiger partial charge is 0.333 e. The van der Waals surface area contributed by atoms with Gasteiger partial charge in [0.2, 0.25) is 0 Å². The van der Waals surface area contributed by atoms with E-state index in [1.54, 1.807) is 0 Å². The summed E-state index contributed by atoms with van der Waals surface area (Å²) >= 11 is 0. The summed E-state index contributed by atoms with van der Waals surface area (Å²) in [7, 11) is -4.02. The molecule has 11 nitrogen and oxygen atoms in total. The molecule has 0 atom stereocenters. The number of pyridine rings is 1. The van der Waals surface area contributed by atoms with Gasteiger partial charge in [-0.1, -0.05) is 6.92 Å². The Kier molecular flexibility index (Phi) is 5.51. The number of carbonyl (C=O) groups excluding carboxylic acids is 1. The number of nitrogens with one attached hydrogen (secondary N) is 1. The minimum absolute atomic E-state index is 0.0249. The molecule has 182 valence electrons. The maximum Gasteiger partial charge on any atom is 0.417 e.